The Labute approximate surface area is 117 Å². The van der Waals surface area contributed by atoms with Gasteiger partial charge in [0.15, 0.2) is 17.5 Å². The van der Waals surface area contributed by atoms with Crippen molar-refractivity contribution in [3.05, 3.63) is 30.1 Å². The van der Waals surface area contributed by atoms with E-state index in [-0.39, 0.29) is 47.6 Å². The van der Waals surface area contributed by atoms with Gasteiger partial charge in [-0.05, 0) is 18.6 Å². The highest BCUT2D eigenvalue weighted by molar-refractivity contribution is 14.0. The minimum absolute atomic E-state index is 0. The molecular formula is C11H17FIN3O. The van der Waals surface area contributed by atoms with Gasteiger partial charge in [-0.1, -0.05) is 19.1 Å². The first-order valence-corrected chi connectivity index (χ1v) is 5.10. The smallest absolute Gasteiger partial charge is 0.186 e. The average Bonchev–Trinajstić information content (AvgIpc) is 2.26. The highest BCUT2D eigenvalue weighted by atomic mass is 127. The second-order valence-electron chi connectivity index (χ2n) is 3.34. The third-order valence-corrected chi connectivity index (χ3v) is 2.06. The number of ether oxygens (including phenoxy) is 1. The molecule has 0 spiro atoms. The summed E-state index contributed by atoms with van der Waals surface area (Å²) in [7, 11) is 0. The van der Waals surface area contributed by atoms with E-state index < -0.39 is 0 Å². The molecule has 0 heterocycles. The van der Waals surface area contributed by atoms with Gasteiger partial charge in [-0.25, -0.2) is 9.38 Å². The fourth-order valence-electron chi connectivity index (χ4n) is 1.18. The molecule has 4 N–H and O–H groups in total. The average molecular weight is 353 g/mol. The van der Waals surface area contributed by atoms with Gasteiger partial charge < -0.3 is 16.2 Å². The lowest BCUT2D eigenvalue weighted by Gasteiger charge is -2.15. The van der Waals surface area contributed by atoms with Crippen LogP contribution in [-0.4, -0.2) is 18.6 Å². The lowest BCUT2D eigenvalue weighted by molar-refractivity contribution is 0.197. The number of hydrogen-bond acceptors (Lipinski definition) is 2. The van der Waals surface area contributed by atoms with Crippen molar-refractivity contribution in [2.45, 2.75) is 19.4 Å². The van der Waals surface area contributed by atoms with E-state index in [9.17, 15) is 4.39 Å². The van der Waals surface area contributed by atoms with E-state index in [1.807, 2.05) is 6.92 Å². The third kappa shape index (κ3) is 5.71. The fraction of sp³-hybridized carbons (Fsp3) is 0.364. The number of para-hydroxylation sites is 1. The van der Waals surface area contributed by atoms with Crippen molar-refractivity contribution in [1.29, 1.82) is 0 Å². The van der Waals surface area contributed by atoms with Gasteiger partial charge in [-0.3, -0.25) is 0 Å². The SMILES string of the molecule is CCC(CN=C(N)N)Oc1ccccc1F.I. The van der Waals surface area contributed by atoms with Crippen LogP contribution in [0.5, 0.6) is 5.75 Å². The Balaban J connectivity index is 0.00000256. The van der Waals surface area contributed by atoms with Crippen molar-refractivity contribution in [1.82, 2.24) is 0 Å². The highest BCUT2D eigenvalue weighted by Crippen LogP contribution is 2.18. The minimum atomic E-state index is -0.384. The minimum Gasteiger partial charge on any atom is -0.485 e. The molecule has 0 fully saturated rings. The molecule has 4 nitrogen and oxygen atoms in total. The summed E-state index contributed by atoms with van der Waals surface area (Å²) >= 11 is 0. The second-order valence-corrected chi connectivity index (χ2v) is 3.34. The molecule has 0 amide bonds. The van der Waals surface area contributed by atoms with E-state index in [1.54, 1.807) is 18.2 Å². The molecule has 0 bridgehead atoms. The van der Waals surface area contributed by atoms with Crippen LogP contribution in [0.3, 0.4) is 0 Å². The predicted octanol–water partition coefficient (Wildman–Crippen LogP) is 1.87. The van der Waals surface area contributed by atoms with Gasteiger partial charge in [0.2, 0.25) is 0 Å². The largest absolute Gasteiger partial charge is 0.485 e. The normalized spacial score (nSPS) is 11.2. The van der Waals surface area contributed by atoms with E-state index in [4.69, 9.17) is 16.2 Å². The quantitative estimate of drug-likeness (QED) is 0.482. The monoisotopic (exact) mass is 353 g/mol. The van der Waals surface area contributed by atoms with Crippen molar-refractivity contribution >= 4 is 29.9 Å². The summed E-state index contributed by atoms with van der Waals surface area (Å²) in [6.45, 7) is 2.25. The molecule has 96 valence electrons. The maximum absolute atomic E-state index is 13.3. The molecule has 1 aromatic rings. The molecule has 17 heavy (non-hydrogen) atoms. The number of nitrogens with two attached hydrogens (primary N) is 2. The van der Waals surface area contributed by atoms with Crippen LogP contribution in [0.2, 0.25) is 0 Å². The van der Waals surface area contributed by atoms with E-state index >= 15 is 0 Å². The molecule has 0 aromatic heterocycles. The molecule has 0 aliphatic heterocycles. The zero-order chi connectivity index (χ0) is 12.0. The zero-order valence-corrected chi connectivity index (χ0v) is 11.9. The summed E-state index contributed by atoms with van der Waals surface area (Å²) in [5.74, 6) is -0.152. The lowest BCUT2D eigenvalue weighted by Crippen LogP contribution is -2.27. The molecule has 0 aliphatic carbocycles. The Morgan fingerprint density at radius 1 is 1.41 bits per heavy atom. The molecular weight excluding hydrogens is 336 g/mol. The van der Waals surface area contributed by atoms with Crippen LogP contribution < -0.4 is 16.2 Å². The number of aliphatic imine (C=N–C) groups is 1. The summed E-state index contributed by atoms with van der Waals surface area (Å²) in [5.41, 5.74) is 10.4. The molecule has 0 aliphatic rings. The zero-order valence-electron chi connectivity index (χ0n) is 9.60. The van der Waals surface area contributed by atoms with Gasteiger partial charge >= 0.3 is 0 Å². The van der Waals surface area contributed by atoms with Crippen molar-refractivity contribution in [2.75, 3.05) is 6.54 Å². The molecule has 1 unspecified atom stereocenters. The molecule has 1 rings (SSSR count). The number of hydrogen-bond donors (Lipinski definition) is 2. The van der Waals surface area contributed by atoms with Crippen LogP contribution in [-0.2, 0) is 0 Å². The van der Waals surface area contributed by atoms with Gasteiger partial charge in [0.25, 0.3) is 0 Å². The summed E-state index contributed by atoms with van der Waals surface area (Å²) in [6, 6.07) is 6.25. The van der Waals surface area contributed by atoms with Crippen LogP contribution >= 0.6 is 24.0 Å². The fourth-order valence-corrected chi connectivity index (χ4v) is 1.18. The van der Waals surface area contributed by atoms with Gasteiger partial charge in [-0.15, -0.1) is 24.0 Å². The summed E-state index contributed by atoms with van der Waals surface area (Å²) in [4.78, 5) is 3.85. The predicted molar refractivity (Wildman–Crippen MR) is 77.2 cm³/mol. The lowest BCUT2D eigenvalue weighted by atomic mass is 10.2. The third-order valence-electron chi connectivity index (χ3n) is 2.06. The van der Waals surface area contributed by atoms with Crippen LogP contribution in [0, 0.1) is 5.82 Å². The van der Waals surface area contributed by atoms with E-state index in [0.717, 1.165) is 0 Å². The standard InChI is InChI=1S/C11H16FN3O.HI/c1-2-8(7-15-11(13)14)16-10-6-4-3-5-9(10)12;/h3-6,8H,2,7H2,1H3,(H4,13,14,15);1H. The number of rotatable bonds is 5. The number of guanidine groups is 1. The molecule has 1 atom stereocenters. The van der Waals surface area contributed by atoms with Crippen LogP contribution in [0.1, 0.15) is 13.3 Å². The van der Waals surface area contributed by atoms with Crippen molar-refractivity contribution in [3.63, 3.8) is 0 Å². The number of benzene rings is 1. The summed E-state index contributed by atoms with van der Waals surface area (Å²) in [5, 5.41) is 0. The first-order chi connectivity index (χ1) is 7.63. The Morgan fingerprint density at radius 2 is 2.06 bits per heavy atom. The Bertz CT molecular complexity index is 369. The van der Waals surface area contributed by atoms with Crippen molar-refractivity contribution in [3.8, 4) is 5.75 Å². The van der Waals surface area contributed by atoms with Gasteiger partial charge in [0.05, 0.1) is 6.54 Å². The van der Waals surface area contributed by atoms with Gasteiger partial charge in [0, 0.05) is 0 Å². The molecule has 6 heteroatoms. The van der Waals surface area contributed by atoms with Gasteiger partial charge in [0.1, 0.15) is 6.10 Å². The number of nitrogens with zero attached hydrogens (tertiary/aromatic N) is 1. The molecule has 0 saturated heterocycles. The Hall–Kier alpha value is -1.05. The molecule has 0 radical (unpaired) electrons. The number of halogens is 2. The molecule has 1 aromatic carbocycles. The van der Waals surface area contributed by atoms with E-state index in [2.05, 4.69) is 4.99 Å². The van der Waals surface area contributed by atoms with Crippen LogP contribution in [0.25, 0.3) is 0 Å². The Kier molecular flexibility index (Phi) is 7.60. The summed E-state index contributed by atoms with van der Waals surface area (Å²) in [6.07, 6.45) is 0.476. The maximum atomic E-state index is 13.3. The first kappa shape index (κ1) is 16.0. The van der Waals surface area contributed by atoms with E-state index in [0.29, 0.717) is 13.0 Å². The van der Waals surface area contributed by atoms with Crippen LogP contribution in [0.15, 0.2) is 29.3 Å². The van der Waals surface area contributed by atoms with Crippen molar-refractivity contribution < 1.29 is 9.13 Å². The van der Waals surface area contributed by atoms with Gasteiger partial charge in [-0.2, -0.15) is 0 Å². The Morgan fingerprint density at radius 3 is 2.59 bits per heavy atom. The van der Waals surface area contributed by atoms with Crippen LogP contribution in [0.4, 0.5) is 4.39 Å². The van der Waals surface area contributed by atoms with Crippen molar-refractivity contribution in [2.24, 2.45) is 16.5 Å². The highest BCUT2D eigenvalue weighted by Gasteiger charge is 2.10. The maximum Gasteiger partial charge on any atom is 0.186 e. The second kappa shape index (κ2) is 8.10. The first-order valence-electron chi connectivity index (χ1n) is 5.10. The topological polar surface area (TPSA) is 73.6 Å². The summed E-state index contributed by atoms with van der Waals surface area (Å²) < 4.78 is 18.7. The molecule has 0 saturated carbocycles. The van der Waals surface area contributed by atoms with E-state index in [1.165, 1.54) is 6.07 Å².